The molecule has 114 valence electrons. The van der Waals surface area contributed by atoms with Gasteiger partial charge in [-0.25, -0.2) is 4.79 Å². The first kappa shape index (κ1) is 14.2. The first-order valence-electron chi connectivity index (χ1n) is 7.23. The van der Waals surface area contributed by atoms with Crippen LogP contribution in [0.25, 0.3) is 22.2 Å². The summed E-state index contributed by atoms with van der Waals surface area (Å²) in [6, 6.07) is 8.85. The minimum Gasteiger partial charge on any atom is -0.422 e. The summed E-state index contributed by atoms with van der Waals surface area (Å²) >= 11 is 0. The molecular weight excluding hydrogens is 282 g/mol. The number of aromatic amines is 2. The molecule has 0 atom stereocenters. The second-order valence-corrected chi connectivity index (χ2v) is 5.01. The molecule has 0 bridgehead atoms. The van der Waals surface area contributed by atoms with Crippen LogP contribution in [0, 0.1) is 0 Å². The molecule has 2 aromatic heterocycles. The van der Waals surface area contributed by atoms with E-state index in [0.29, 0.717) is 16.8 Å². The Hall–Kier alpha value is -2.76. The van der Waals surface area contributed by atoms with Gasteiger partial charge in [0.1, 0.15) is 5.58 Å². The van der Waals surface area contributed by atoms with E-state index in [-0.39, 0.29) is 5.56 Å². The molecule has 0 saturated heterocycles. The van der Waals surface area contributed by atoms with E-state index in [9.17, 15) is 9.59 Å². The van der Waals surface area contributed by atoms with Crippen LogP contribution in [0.1, 0.15) is 13.8 Å². The van der Waals surface area contributed by atoms with Crippen LogP contribution in [0.15, 0.2) is 44.3 Å². The van der Waals surface area contributed by atoms with Crippen LogP contribution >= 0.6 is 0 Å². The lowest BCUT2D eigenvalue weighted by atomic mass is 10.1. The SMILES string of the molecule is CCN(CC)c1ccc2cc(-c3cc(=O)[nH][nH]3)c(=O)oc2c1. The zero-order valence-electron chi connectivity index (χ0n) is 12.5. The van der Waals surface area contributed by atoms with Crippen LogP contribution in [0.3, 0.4) is 0 Å². The lowest BCUT2D eigenvalue weighted by molar-refractivity contribution is 0.563. The van der Waals surface area contributed by atoms with Gasteiger partial charge in [0.05, 0.1) is 11.3 Å². The van der Waals surface area contributed by atoms with Crippen molar-refractivity contribution >= 4 is 16.7 Å². The summed E-state index contributed by atoms with van der Waals surface area (Å²) < 4.78 is 5.42. The monoisotopic (exact) mass is 299 g/mol. The van der Waals surface area contributed by atoms with Crippen LogP contribution in [-0.2, 0) is 0 Å². The average Bonchev–Trinajstić information content (AvgIpc) is 2.94. The molecule has 0 aliphatic rings. The molecule has 0 aliphatic carbocycles. The van der Waals surface area contributed by atoms with Crippen molar-refractivity contribution in [3.05, 3.63) is 51.1 Å². The molecule has 0 saturated carbocycles. The van der Waals surface area contributed by atoms with Gasteiger partial charge in [0.15, 0.2) is 0 Å². The highest BCUT2D eigenvalue weighted by Crippen LogP contribution is 2.24. The van der Waals surface area contributed by atoms with E-state index in [2.05, 4.69) is 28.9 Å². The van der Waals surface area contributed by atoms with Gasteiger partial charge in [-0.1, -0.05) is 0 Å². The molecule has 22 heavy (non-hydrogen) atoms. The van der Waals surface area contributed by atoms with Crippen LogP contribution < -0.4 is 16.1 Å². The van der Waals surface area contributed by atoms with E-state index < -0.39 is 5.63 Å². The topological polar surface area (TPSA) is 82.1 Å². The summed E-state index contributed by atoms with van der Waals surface area (Å²) in [6.45, 7) is 5.92. The Labute approximate surface area is 126 Å². The number of anilines is 1. The summed E-state index contributed by atoms with van der Waals surface area (Å²) in [7, 11) is 0. The lowest BCUT2D eigenvalue weighted by Crippen LogP contribution is -2.21. The van der Waals surface area contributed by atoms with Crippen molar-refractivity contribution in [1.82, 2.24) is 10.2 Å². The maximum absolute atomic E-state index is 12.1. The lowest BCUT2D eigenvalue weighted by Gasteiger charge is -2.20. The molecule has 3 rings (SSSR count). The number of H-pyrrole nitrogens is 2. The molecule has 2 heterocycles. The predicted octanol–water partition coefficient (Wildman–Crippen LogP) is 2.32. The number of nitrogens with zero attached hydrogens (tertiary/aromatic N) is 1. The number of nitrogens with one attached hydrogen (secondary N) is 2. The van der Waals surface area contributed by atoms with Gasteiger partial charge in [0.25, 0.3) is 5.56 Å². The fraction of sp³-hybridized carbons (Fsp3) is 0.250. The van der Waals surface area contributed by atoms with Crippen LogP contribution in [-0.4, -0.2) is 23.3 Å². The van der Waals surface area contributed by atoms with Gasteiger partial charge in [-0.3, -0.25) is 15.0 Å². The number of aromatic nitrogens is 2. The molecule has 3 aromatic rings. The fourth-order valence-electron chi connectivity index (χ4n) is 2.55. The Morgan fingerprint density at radius 3 is 2.45 bits per heavy atom. The molecule has 6 nitrogen and oxygen atoms in total. The highest BCUT2D eigenvalue weighted by Gasteiger charge is 2.11. The van der Waals surface area contributed by atoms with Gasteiger partial charge in [-0.2, -0.15) is 0 Å². The van der Waals surface area contributed by atoms with E-state index in [0.717, 1.165) is 24.2 Å². The summed E-state index contributed by atoms with van der Waals surface area (Å²) in [5.74, 6) is 0. The Balaban J connectivity index is 2.14. The summed E-state index contributed by atoms with van der Waals surface area (Å²) in [5, 5.41) is 5.90. The number of hydrogen-bond acceptors (Lipinski definition) is 4. The van der Waals surface area contributed by atoms with E-state index in [1.165, 1.54) is 6.07 Å². The smallest absolute Gasteiger partial charge is 0.345 e. The summed E-state index contributed by atoms with van der Waals surface area (Å²) in [4.78, 5) is 25.5. The zero-order chi connectivity index (χ0) is 15.7. The second kappa shape index (κ2) is 5.55. The summed E-state index contributed by atoms with van der Waals surface area (Å²) in [6.07, 6.45) is 0. The number of rotatable bonds is 4. The molecular formula is C16H17N3O3. The Morgan fingerprint density at radius 2 is 1.82 bits per heavy atom. The zero-order valence-corrected chi connectivity index (χ0v) is 12.5. The highest BCUT2D eigenvalue weighted by atomic mass is 16.4. The molecule has 6 heteroatoms. The first-order valence-corrected chi connectivity index (χ1v) is 7.23. The van der Waals surface area contributed by atoms with E-state index in [1.807, 2.05) is 18.2 Å². The van der Waals surface area contributed by atoms with E-state index in [4.69, 9.17) is 4.42 Å². The third kappa shape index (κ3) is 2.43. The van der Waals surface area contributed by atoms with Gasteiger partial charge in [0, 0.05) is 36.3 Å². The minimum atomic E-state index is -0.473. The van der Waals surface area contributed by atoms with Crippen molar-refractivity contribution < 1.29 is 4.42 Å². The van der Waals surface area contributed by atoms with Crippen LogP contribution in [0.4, 0.5) is 5.69 Å². The maximum Gasteiger partial charge on any atom is 0.345 e. The normalized spacial score (nSPS) is 11.0. The third-order valence-electron chi connectivity index (χ3n) is 3.73. The molecule has 0 amide bonds. The van der Waals surface area contributed by atoms with Crippen molar-refractivity contribution in [2.75, 3.05) is 18.0 Å². The van der Waals surface area contributed by atoms with Crippen molar-refractivity contribution in [3.8, 4) is 11.3 Å². The van der Waals surface area contributed by atoms with Crippen molar-refractivity contribution in [1.29, 1.82) is 0 Å². The van der Waals surface area contributed by atoms with Crippen molar-refractivity contribution in [2.45, 2.75) is 13.8 Å². The molecule has 0 unspecified atom stereocenters. The molecule has 0 aliphatic heterocycles. The quantitative estimate of drug-likeness (QED) is 0.724. The van der Waals surface area contributed by atoms with Gasteiger partial charge in [-0.05, 0) is 32.0 Å². The van der Waals surface area contributed by atoms with E-state index >= 15 is 0 Å². The van der Waals surface area contributed by atoms with Crippen LogP contribution in [0.5, 0.6) is 0 Å². The first-order chi connectivity index (χ1) is 10.6. The van der Waals surface area contributed by atoms with Gasteiger partial charge in [0.2, 0.25) is 0 Å². The predicted molar refractivity (Wildman–Crippen MR) is 86.5 cm³/mol. The van der Waals surface area contributed by atoms with Crippen LogP contribution in [0.2, 0.25) is 0 Å². The van der Waals surface area contributed by atoms with Gasteiger partial charge >= 0.3 is 5.63 Å². The number of hydrogen-bond donors (Lipinski definition) is 2. The van der Waals surface area contributed by atoms with Gasteiger partial charge < -0.3 is 9.32 Å². The molecule has 2 N–H and O–H groups in total. The minimum absolute atomic E-state index is 0.286. The third-order valence-corrected chi connectivity index (χ3v) is 3.73. The summed E-state index contributed by atoms with van der Waals surface area (Å²) in [5.41, 5.74) is 1.56. The Kier molecular flexibility index (Phi) is 3.58. The number of fused-ring (bicyclic) bond motifs is 1. The standard InChI is InChI=1S/C16H17N3O3/c1-3-19(4-2)11-6-5-10-7-12(13-9-15(20)18-17-13)16(21)22-14(10)8-11/h5-9H,3-4H2,1-2H3,(H2,17,18,20). The largest absolute Gasteiger partial charge is 0.422 e. The maximum atomic E-state index is 12.1. The fourth-order valence-corrected chi connectivity index (χ4v) is 2.55. The van der Waals surface area contributed by atoms with Crippen molar-refractivity contribution in [3.63, 3.8) is 0 Å². The highest BCUT2D eigenvalue weighted by molar-refractivity contribution is 5.84. The van der Waals surface area contributed by atoms with Crippen molar-refractivity contribution in [2.24, 2.45) is 0 Å². The average molecular weight is 299 g/mol. The second-order valence-electron chi connectivity index (χ2n) is 5.01. The Bertz CT molecular complexity index is 916. The van der Waals surface area contributed by atoms with Gasteiger partial charge in [-0.15, -0.1) is 0 Å². The van der Waals surface area contributed by atoms with E-state index in [1.54, 1.807) is 6.07 Å². The molecule has 0 fully saturated rings. The molecule has 0 spiro atoms. The molecule has 1 aromatic carbocycles. The Morgan fingerprint density at radius 1 is 1.05 bits per heavy atom. The molecule has 0 radical (unpaired) electrons. The number of benzene rings is 1.